The zero-order valence-corrected chi connectivity index (χ0v) is 12.2. The molecule has 0 atom stereocenters. The van der Waals surface area contributed by atoms with Crippen LogP contribution < -0.4 is 5.32 Å². The zero-order chi connectivity index (χ0) is 15.4. The highest BCUT2D eigenvalue weighted by Crippen LogP contribution is 2.12. The summed E-state index contributed by atoms with van der Waals surface area (Å²) in [6.45, 7) is 0.978. The average Bonchev–Trinajstić information content (AvgIpc) is 3.01. The summed E-state index contributed by atoms with van der Waals surface area (Å²) in [6.07, 6.45) is 0. The fourth-order valence-electron chi connectivity index (χ4n) is 2.29. The summed E-state index contributed by atoms with van der Waals surface area (Å²) in [6, 6.07) is 13.1. The SMILES string of the molecule is COCc1ccccc1CNC(=O)c1ccc2n[nH]nc2c1. The molecule has 22 heavy (non-hydrogen) atoms. The van der Waals surface area contributed by atoms with Gasteiger partial charge in [0.15, 0.2) is 0 Å². The number of fused-ring (bicyclic) bond motifs is 1. The number of nitrogens with one attached hydrogen (secondary N) is 2. The number of carbonyl (C=O) groups is 1. The summed E-state index contributed by atoms with van der Waals surface area (Å²) in [4.78, 5) is 12.3. The topological polar surface area (TPSA) is 79.9 Å². The fraction of sp³-hybridized carbons (Fsp3) is 0.188. The van der Waals surface area contributed by atoms with E-state index in [9.17, 15) is 4.79 Å². The molecule has 0 aliphatic rings. The second-order valence-electron chi connectivity index (χ2n) is 4.91. The van der Waals surface area contributed by atoms with Crippen molar-refractivity contribution >= 4 is 16.9 Å². The monoisotopic (exact) mass is 296 g/mol. The first-order valence-electron chi connectivity index (χ1n) is 6.92. The normalized spacial score (nSPS) is 10.8. The molecular weight excluding hydrogens is 280 g/mol. The maximum Gasteiger partial charge on any atom is 0.251 e. The van der Waals surface area contributed by atoms with Crippen molar-refractivity contribution < 1.29 is 9.53 Å². The Bertz CT molecular complexity index is 797. The van der Waals surface area contributed by atoms with Crippen LogP contribution in [-0.4, -0.2) is 28.4 Å². The standard InChI is InChI=1S/C16H16N4O2/c1-22-10-13-5-3-2-4-12(13)9-17-16(21)11-6-7-14-15(8-11)19-20-18-14/h2-8H,9-10H2,1H3,(H,17,21)(H,18,19,20). The Labute approximate surface area is 127 Å². The van der Waals surface area contributed by atoms with E-state index in [0.717, 1.165) is 16.6 Å². The summed E-state index contributed by atoms with van der Waals surface area (Å²) >= 11 is 0. The number of carbonyl (C=O) groups excluding carboxylic acids is 1. The van der Waals surface area contributed by atoms with Gasteiger partial charge in [-0.2, -0.15) is 15.4 Å². The molecule has 3 aromatic rings. The molecule has 0 fully saturated rings. The van der Waals surface area contributed by atoms with E-state index < -0.39 is 0 Å². The molecule has 0 radical (unpaired) electrons. The lowest BCUT2D eigenvalue weighted by Gasteiger charge is -2.10. The maximum absolute atomic E-state index is 12.3. The summed E-state index contributed by atoms with van der Waals surface area (Å²) in [5.41, 5.74) is 4.08. The molecule has 2 N–H and O–H groups in total. The molecule has 6 heteroatoms. The molecule has 3 rings (SSSR count). The first kappa shape index (κ1) is 14.2. The highest BCUT2D eigenvalue weighted by atomic mass is 16.5. The Morgan fingerprint density at radius 2 is 1.91 bits per heavy atom. The number of nitrogens with zero attached hydrogens (tertiary/aromatic N) is 2. The molecule has 1 heterocycles. The average molecular weight is 296 g/mol. The fourth-order valence-corrected chi connectivity index (χ4v) is 2.29. The Morgan fingerprint density at radius 3 is 2.73 bits per heavy atom. The van der Waals surface area contributed by atoms with Crippen molar-refractivity contribution in [3.8, 4) is 0 Å². The molecular formula is C16H16N4O2. The maximum atomic E-state index is 12.3. The van der Waals surface area contributed by atoms with Crippen molar-refractivity contribution in [3.05, 3.63) is 59.2 Å². The predicted molar refractivity (Wildman–Crippen MR) is 82.2 cm³/mol. The third kappa shape index (κ3) is 2.96. The second-order valence-corrected chi connectivity index (χ2v) is 4.91. The van der Waals surface area contributed by atoms with Crippen LogP contribution in [-0.2, 0) is 17.9 Å². The Hall–Kier alpha value is -2.73. The van der Waals surface area contributed by atoms with Gasteiger partial charge in [-0.1, -0.05) is 24.3 Å². The van der Waals surface area contributed by atoms with Crippen molar-refractivity contribution in [2.45, 2.75) is 13.2 Å². The van der Waals surface area contributed by atoms with E-state index in [-0.39, 0.29) is 5.91 Å². The van der Waals surface area contributed by atoms with E-state index >= 15 is 0 Å². The van der Waals surface area contributed by atoms with Crippen molar-refractivity contribution in [2.75, 3.05) is 7.11 Å². The van der Waals surface area contributed by atoms with Crippen LogP contribution in [0.15, 0.2) is 42.5 Å². The van der Waals surface area contributed by atoms with Crippen LogP contribution >= 0.6 is 0 Å². The van der Waals surface area contributed by atoms with Gasteiger partial charge in [-0.15, -0.1) is 0 Å². The van der Waals surface area contributed by atoms with Crippen LogP contribution in [0.4, 0.5) is 0 Å². The van der Waals surface area contributed by atoms with Gasteiger partial charge in [-0.3, -0.25) is 4.79 Å². The third-order valence-corrected chi connectivity index (χ3v) is 3.44. The minimum atomic E-state index is -0.142. The molecule has 0 saturated heterocycles. The van der Waals surface area contributed by atoms with Gasteiger partial charge in [0.1, 0.15) is 11.0 Å². The molecule has 1 amide bonds. The lowest BCUT2D eigenvalue weighted by molar-refractivity contribution is 0.0950. The Kier molecular flexibility index (Phi) is 4.11. The summed E-state index contributed by atoms with van der Waals surface area (Å²) < 4.78 is 5.17. The van der Waals surface area contributed by atoms with E-state index in [4.69, 9.17) is 4.74 Å². The zero-order valence-electron chi connectivity index (χ0n) is 12.2. The molecule has 0 unspecified atom stereocenters. The van der Waals surface area contributed by atoms with Crippen molar-refractivity contribution in [3.63, 3.8) is 0 Å². The number of aromatic nitrogens is 3. The molecule has 0 spiro atoms. The van der Waals surface area contributed by atoms with Crippen LogP contribution in [0.1, 0.15) is 21.5 Å². The predicted octanol–water partition coefficient (Wildman–Crippen LogP) is 2.03. The van der Waals surface area contributed by atoms with Gasteiger partial charge in [-0.05, 0) is 29.3 Å². The lowest BCUT2D eigenvalue weighted by Crippen LogP contribution is -2.23. The quantitative estimate of drug-likeness (QED) is 0.755. The first-order chi connectivity index (χ1) is 10.8. The molecule has 0 bridgehead atoms. The first-order valence-corrected chi connectivity index (χ1v) is 6.92. The Morgan fingerprint density at radius 1 is 1.14 bits per heavy atom. The smallest absolute Gasteiger partial charge is 0.251 e. The van der Waals surface area contributed by atoms with Crippen LogP contribution in [0.3, 0.4) is 0 Å². The number of methoxy groups -OCH3 is 1. The van der Waals surface area contributed by atoms with E-state index in [1.807, 2.05) is 24.3 Å². The summed E-state index contributed by atoms with van der Waals surface area (Å²) in [7, 11) is 1.66. The van der Waals surface area contributed by atoms with Crippen molar-refractivity contribution in [1.82, 2.24) is 20.7 Å². The van der Waals surface area contributed by atoms with Crippen LogP contribution in [0.5, 0.6) is 0 Å². The van der Waals surface area contributed by atoms with Gasteiger partial charge in [-0.25, -0.2) is 0 Å². The van der Waals surface area contributed by atoms with Gasteiger partial charge in [0.2, 0.25) is 0 Å². The molecule has 0 saturated carbocycles. The number of hydrogen-bond acceptors (Lipinski definition) is 4. The molecule has 0 aliphatic carbocycles. The molecule has 112 valence electrons. The largest absolute Gasteiger partial charge is 0.380 e. The van der Waals surface area contributed by atoms with Crippen molar-refractivity contribution in [1.29, 1.82) is 0 Å². The molecule has 0 aliphatic heterocycles. The number of aromatic amines is 1. The number of benzene rings is 2. The van der Waals surface area contributed by atoms with Gasteiger partial charge < -0.3 is 10.1 Å². The summed E-state index contributed by atoms with van der Waals surface area (Å²) in [5.74, 6) is -0.142. The number of H-pyrrole nitrogens is 1. The van der Waals surface area contributed by atoms with E-state index in [0.29, 0.717) is 24.2 Å². The van der Waals surface area contributed by atoms with E-state index in [1.165, 1.54) is 0 Å². The van der Waals surface area contributed by atoms with E-state index in [2.05, 4.69) is 20.7 Å². The number of amides is 1. The number of rotatable bonds is 5. The molecule has 2 aromatic carbocycles. The lowest BCUT2D eigenvalue weighted by atomic mass is 10.1. The van der Waals surface area contributed by atoms with Gasteiger partial charge in [0.05, 0.1) is 6.61 Å². The number of hydrogen-bond donors (Lipinski definition) is 2. The van der Waals surface area contributed by atoms with Crippen LogP contribution in [0, 0.1) is 0 Å². The number of ether oxygens (including phenoxy) is 1. The summed E-state index contributed by atoms with van der Waals surface area (Å²) in [5, 5.41) is 13.4. The second kappa shape index (κ2) is 6.36. The molecule has 1 aromatic heterocycles. The van der Waals surface area contributed by atoms with Gasteiger partial charge in [0.25, 0.3) is 5.91 Å². The van der Waals surface area contributed by atoms with Gasteiger partial charge in [0, 0.05) is 19.2 Å². The van der Waals surface area contributed by atoms with Gasteiger partial charge >= 0.3 is 0 Å². The highest BCUT2D eigenvalue weighted by molar-refractivity contribution is 5.97. The highest BCUT2D eigenvalue weighted by Gasteiger charge is 2.09. The van der Waals surface area contributed by atoms with E-state index in [1.54, 1.807) is 25.3 Å². The minimum absolute atomic E-state index is 0.142. The third-order valence-electron chi connectivity index (χ3n) is 3.44. The van der Waals surface area contributed by atoms with Crippen LogP contribution in [0.25, 0.3) is 11.0 Å². The van der Waals surface area contributed by atoms with Crippen LogP contribution in [0.2, 0.25) is 0 Å². The minimum Gasteiger partial charge on any atom is -0.380 e. The molecule has 6 nitrogen and oxygen atoms in total. The Balaban J connectivity index is 1.72. The van der Waals surface area contributed by atoms with Crippen molar-refractivity contribution in [2.24, 2.45) is 0 Å².